The summed E-state index contributed by atoms with van der Waals surface area (Å²) in [6, 6.07) is 28.0. The van der Waals surface area contributed by atoms with Crippen molar-refractivity contribution in [3.63, 3.8) is 0 Å². The standard InChI is InChI=1S/C25H24N2O/c1-28-25-13-9-21(10-14-25)18-24(27-16-15-26-19-27)17-20-7-11-23(12-8-20)22-5-3-2-4-6-22/h2-16,19,24H,17-18H2,1H3. The minimum Gasteiger partial charge on any atom is -0.497 e. The third-order valence-electron chi connectivity index (χ3n) is 5.11. The van der Waals surface area contributed by atoms with Crippen molar-refractivity contribution >= 4 is 0 Å². The van der Waals surface area contributed by atoms with Crippen molar-refractivity contribution in [2.45, 2.75) is 18.9 Å². The summed E-state index contributed by atoms with van der Waals surface area (Å²) in [5.74, 6) is 0.888. The number of nitrogens with zero attached hydrogens (tertiary/aromatic N) is 2. The van der Waals surface area contributed by atoms with Gasteiger partial charge in [0.25, 0.3) is 0 Å². The predicted octanol–water partition coefficient (Wildman–Crippen LogP) is 5.59. The van der Waals surface area contributed by atoms with Gasteiger partial charge in [-0.3, -0.25) is 0 Å². The van der Waals surface area contributed by atoms with Gasteiger partial charge in [-0.15, -0.1) is 0 Å². The Balaban J connectivity index is 1.52. The molecule has 3 nitrogen and oxygen atoms in total. The Kier molecular flexibility index (Phi) is 5.53. The molecule has 0 amide bonds. The molecule has 0 saturated heterocycles. The molecule has 3 heteroatoms. The van der Waals surface area contributed by atoms with Crippen LogP contribution < -0.4 is 4.74 Å². The van der Waals surface area contributed by atoms with Crippen molar-refractivity contribution in [1.82, 2.24) is 9.55 Å². The van der Waals surface area contributed by atoms with Gasteiger partial charge in [0.15, 0.2) is 0 Å². The lowest BCUT2D eigenvalue weighted by atomic mass is 9.97. The van der Waals surface area contributed by atoms with Crippen LogP contribution in [0.25, 0.3) is 11.1 Å². The molecule has 140 valence electrons. The Labute approximate surface area is 166 Å². The van der Waals surface area contributed by atoms with Crippen molar-refractivity contribution in [3.05, 3.63) is 109 Å². The fraction of sp³-hybridized carbons (Fsp3) is 0.160. The Morgan fingerprint density at radius 1 is 0.786 bits per heavy atom. The Morgan fingerprint density at radius 2 is 1.39 bits per heavy atom. The van der Waals surface area contributed by atoms with E-state index in [9.17, 15) is 0 Å². The van der Waals surface area contributed by atoms with E-state index in [1.165, 1.54) is 22.3 Å². The molecule has 0 fully saturated rings. The van der Waals surface area contributed by atoms with Crippen LogP contribution in [-0.4, -0.2) is 16.7 Å². The first-order valence-electron chi connectivity index (χ1n) is 9.56. The van der Waals surface area contributed by atoms with Gasteiger partial charge in [-0.25, -0.2) is 4.98 Å². The average molecular weight is 368 g/mol. The summed E-state index contributed by atoms with van der Waals surface area (Å²) in [6.45, 7) is 0. The second-order valence-corrected chi connectivity index (χ2v) is 6.98. The van der Waals surface area contributed by atoms with Crippen molar-refractivity contribution in [1.29, 1.82) is 0 Å². The Morgan fingerprint density at radius 3 is 1.96 bits per heavy atom. The second-order valence-electron chi connectivity index (χ2n) is 6.98. The molecule has 28 heavy (non-hydrogen) atoms. The predicted molar refractivity (Wildman–Crippen MR) is 114 cm³/mol. The summed E-state index contributed by atoms with van der Waals surface area (Å²) in [6.07, 6.45) is 7.71. The van der Waals surface area contributed by atoms with Crippen molar-refractivity contribution < 1.29 is 4.74 Å². The van der Waals surface area contributed by atoms with Crippen LogP contribution in [0.4, 0.5) is 0 Å². The van der Waals surface area contributed by atoms with E-state index >= 15 is 0 Å². The van der Waals surface area contributed by atoms with E-state index in [1.807, 2.05) is 36.9 Å². The van der Waals surface area contributed by atoms with Crippen LogP contribution in [0.3, 0.4) is 0 Å². The maximum Gasteiger partial charge on any atom is 0.118 e. The maximum absolute atomic E-state index is 5.27. The Hall–Kier alpha value is -3.33. The highest BCUT2D eigenvalue weighted by molar-refractivity contribution is 5.63. The van der Waals surface area contributed by atoms with Gasteiger partial charge in [-0.05, 0) is 47.2 Å². The number of hydrogen-bond donors (Lipinski definition) is 0. The largest absolute Gasteiger partial charge is 0.497 e. The highest BCUT2D eigenvalue weighted by Gasteiger charge is 2.13. The highest BCUT2D eigenvalue weighted by Crippen LogP contribution is 2.24. The van der Waals surface area contributed by atoms with Gasteiger partial charge >= 0.3 is 0 Å². The van der Waals surface area contributed by atoms with Crippen LogP contribution in [-0.2, 0) is 12.8 Å². The summed E-state index contributed by atoms with van der Waals surface area (Å²) in [5, 5.41) is 0. The average Bonchev–Trinajstić information content (AvgIpc) is 3.30. The zero-order chi connectivity index (χ0) is 19.2. The zero-order valence-corrected chi connectivity index (χ0v) is 16.0. The molecule has 1 unspecified atom stereocenters. The van der Waals surface area contributed by atoms with Crippen LogP contribution in [0.1, 0.15) is 17.2 Å². The fourth-order valence-electron chi connectivity index (χ4n) is 3.54. The van der Waals surface area contributed by atoms with E-state index in [1.54, 1.807) is 7.11 Å². The van der Waals surface area contributed by atoms with E-state index in [2.05, 4.69) is 70.2 Å². The normalized spacial score (nSPS) is 11.9. The number of benzene rings is 3. The van der Waals surface area contributed by atoms with E-state index in [0.29, 0.717) is 6.04 Å². The molecule has 1 atom stereocenters. The van der Waals surface area contributed by atoms with Crippen LogP contribution in [0.5, 0.6) is 5.75 Å². The molecule has 0 aliphatic rings. The molecule has 0 aliphatic carbocycles. The number of ether oxygens (including phenoxy) is 1. The lowest BCUT2D eigenvalue weighted by Crippen LogP contribution is -2.13. The van der Waals surface area contributed by atoms with Crippen LogP contribution in [0.2, 0.25) is 0 Å². The monoisotopic (exact) mass is 368 g/mol. The molecule has 0 spiro atoms. The van der Waals surface area contributed by atoms with Crippen molar-refractivity contribution in [2.24, 2.45) is 0 Å². The van der Waals surface area contributed by atoms with Crippen LogP contribution >= 0.6 is 0 Å². The Bertz CT molecular complexity index is 975. The molecule has 0 N–H and O–H groups in total. The van der Waals surface area contributed by atoms with Gasteiger partial charge < -0.3 is 9.30 Å². The molecule has 0 saturated carbocycles. The molecule has 4 rings (SSSR count). The summed E-state index contributed by atoms with van der Waals surface area (Å²) in [4.78, 5) is 4.25. The minimum absolute atomic E-state index is 0.318. The first-order chi connectivity index (χ1) is 13.8. The summed E-state index contributed by atoms with van der Waals surface area (Å²) in [5.41, 5.74) is 5.12. The van der Waals surface area contributed by atoms with Gasteiger partial charge in [0.1, 0.15) is 5.75 Å². The molecular weight excluding hydrogens is 344 g/mol. The second kappa shape index (κ2) is 8.57. The van der Waals surface area contributed by atoms with E-state index in [-0.39, 0.29) is 0 Å². The highest BCUT2D eigenvalue weighted by atomic mass is 16.5. The topological polar surface area (TPSA) is 27.1 Å². The minimum atomic E-state index is 0.318. The van der Waals surface area contributed by atoms with Crippen molar-refractivity contribution in [2.75, 3.05) is 7.11 Å². The number of aromatic nitrogens is 2. The third kappa shape index (κ3) is 4.32. The quantitative estimate of drug-likeness (QED) is 0.425. The van der Waals surface area contributed by atoms with Gasteiger partial charge in [0.05, 0.1) is 13.4 Å². The maximum atomic E-state index is 5.27. The first-order valence-corrected chi connectivity index (χ1v) is 9.56. The molecule has 1 aromatic heterocycles. The fourth-order valence-corrected chi connectivity index (χ4v) is 3.54. The lowest BCUT2D eigenvalue weighted by molar-refractivity contribution is 0.414. The van der Waals surface area contributed by atoms with Gasteiger partial charge in [-0.1, -0.05) is 66.7 Å². The van der Waals surface area contributed by atoms with Crippen LogP contribution in [0, 0.1) is 0 Å². The summed E-state index contributed by atoms with van der Waals surface area (Å²) >= 11 is 0. The van der Waals surface area contributed by atoms with E-state index < -0.39 is 0 Å². The third-order valence-corrected chi connectivity index (χ3v) is 5.11. The molecular formula is C25H24N2O. The zero-order valence-electron chi connectivity index (χ0n) is 16.0. The number of rotatable bonds is 7. The smallest absolute Gasteiger partial charge is 0.118 e. The van der Waals surface area contributed by atoms with E-state index in [0.717, 1.165) is 18.6 Å². The van der Waals surface area contributed by atoms with E-state index in [4.69, 9.17) is 4.74 Å². The SMILES string of the molecule is COc1ccc(CC(Cc2ccc(-c3ccccc3)cc2)n2ccnc2)cc1. The van der Waals surface area contributed by atoms with Crippen molar-refractivity contribution in [3.8, 4) is 16.9 Å². The summed E-state index contributed by atoms with van der Waals surface area (Å²) in [7, 11) is 1.70. The molecule has 3 aromatic carbocycles. The molecule has 4 aromatic rings. The van der Waals surface area contributed by atoms with Gasteiger partial charge in [-0.2, -0.15) is 0 Å². The summed E-state index contributed by atoms with van der Waals surface area (Å²) < 4.78 is 7.48. The lowest BCUT2D eigenvalue weighted by Gasteiger charge is -2.19. The van der Waals surface area contributed by atoms with Gasteiger partial charge in [0, 0.05) is 18.4 Å². The molecule has 1 heterocycles. The first kappa shape index (κ1) is 18.1. The molecule has 0 bridgehead atoms. The molecule has 0 aliphatic heterocycles. The van der Waals surface area contributed by atoms with Crippen LogP contribution in [0.15, 0.2) is 97.6 Å². The number of methoxy groups -OCH3 is 1. The number of hydrogen-bond acceptors (Lipinski definition) is 2. The molecule has 0 radical (unpaired) electrons. The number of imidazole rings is 1. The van der Waals surface area contributed by atoms with Gasteiger partial charge in [0.2, 0.25) is 0 Å².